The SMILES string of the molecule is N#CC1=C(Cl)NC2(c3ccccc3)CC1(C#N)C(=O)N2. The molecule has 1 aromatic carbocycles. The van der Waals surface area contributed by atoms with Crippen molar-refractivity contribution in [3.8, 4) is 12.1 Å². The highest BCUT2D eigenvalue weighted by Gasteiger charge is 2.62. The summed E-state index contributed by atoms with van der Waals surface area (Å²) in [7, 11) is 0. The van der Waals surface area contributed by atoms with Gasteiger partial charge in [-0.3, -0.25) is 4.79 Å². The van der Waals surface area contributed by atoms with Gasteiger partial charge in [-0.15, -0.1) is 0 Å². The Morgan fingerprint density at radius 1 is 1.20 bits per heavy atom. The van der Waals surface area contributed by atoms with Gasteiger partial charge in [-0.1, -0.05) is 41.9 Å². The van der Waals surface area contributed by atoms with E-state index in [4.69, 9.17) is 11.6 Å². The fraction of sp³-hybridized carbons (Fsp3) is 0.214. The molecule has 98 valence electrons. The molecule has 20 heavy (non-hydrogen) atoms. The summed E-state index contributed by atoms with van der Waals surface area (Å²) in [5.74, 6) is -0.497. The molecule has 1 saturated heterocycles. The molecule has 1 amide bonds. The van der Waals surface area contributed by atoms with E-state index in [0.29, 0.717) is 0 Å². The van der Waals surface area contributed by atoms with Crippen molar-refractivity contribution in [2.45, 2.75) is 12.1 Å². The maximum absolute atomic E-state index is 12.3. The first-order valence-electron chi connectivity index (χ1n) is 5.96. The highest BCUT2D eigenvalue weighted by molar-refractivity contribution is 6.30. The molecule has 6 heteroatoms. The summed E-state index contributed by atoms with van der Waals surface area (Å²) in [6.07, 6.45) is 0.137. The molecule has 2 bridgehead atoms. The van der Waals surface area contributed by atoms with Crippen LogP contribution in [-0.4, -0.2) is 5.91 Å². The zero-order valence-corrected chi connectivity index (χ0v) is 11.0. The molecule has 0 saturated carbocycles. The second-order valence-electron chi connectivity index (χ2n) is 4.85. The fourth-order valence-electron chi connectivity index (χ4n) is 2.80. The van der Waals surface area contributed by atoms with Gasteiger partial charge in [-0.2, -0.15) is 10.5 Å². The molecule has 2 aliphatic heterocycles. The molecule has 3 rings (SSSR count). The first kappa shape index (κ1) is 12.5. The van der Waals surface area contributed by atoms with Crippen molar-refractivity contribution < 1.29 is 4.79 Å². The average Bonchev–Trinajstić information content (AvgIpc) is 2.71. The Balaban J connectivity index is 2.23. The van der Waals surface area contributed by atoms with E-state index in [-0.39, 0.29) is 17.2 Å². The van der Waals surface area contributed by atoms with Crippen LogP contribution in [0.2, 0.25) is 0 Å². The smallest absolute Gasteiger partial charge is 0.248 e. The number of rotatable bonds is 1. The number of fused-ring (bicyclic) bond motifs is 2. The van der Waals surface area contributed by atoms with Gasteiger partial charge in [0.1, 0.15) is 16.9 Å². The minimum Gasteiger partial charge on any atom is -0.349 e. The molecule has 2 N–H and O–H groups in total. The van der Waals surface area contributed by atoms with Gasteiger partial charge in [0.2, 0.25) is 5.91 Å². The molecule has 0 radical (unpaired) electrons. The van der Waals surface area contributed by atoms with E-state index in [0.717, 1.165) is 5.56 Å². The minimum absolute atomic E-state index is 0.0248. The van der Waals surface area contributed by atoms with Crippen LogP contribution in [0.4, 0.5) is 0 Å². The molecule has 0 aromatic heterocycles. The van der Waals surface area contributed by atoms with Crippen LogP contribution in [0.25, 0.3) is 0 Å². The standard InChI is InChI=1S/C14H9ClN4O/c15-11-10(6-16)13(8-17)7-14(18-11,19-12(13)20)9-4-2-1-3-5-9/h1-5,18H,7H2,(H,19,20). The van der Waals surface area contributed by atoms with Gasteiger partial charge in [0, 0.05) is 6.42 Å². The van der Waals surface area contributed by atoms with Gasteiger partial charge in [0.25, 0.3) is 0 Å². The zero-order valence-electron chi connectivity index (χ0n) is 10.3. The second kappa shape index (κ2) is 4.00. The number of hydrogen-bond acceptors (Lipinski definition) is 4. The number of nitriles is 2. The van der Waals surface area contributed by atoms with E-state index in [1.807, 2.05) is 42.5 Å². The van der Waals surface area contributed by atoms with Crippen molar-refractivity contribution in [1.82, 2.24) is 10.6 Å². The lowest BCUT2D eigenvalue weighted by Gasteiger charge is -2.35. The van der Waals surface area contributed by atoms with Gasteiger partial charge in [0.05, 0.1) is 11.6 Å². The van der Waals surface area contributed by atoms with Crippen LogP contribution in [0.3, 0.4) is 0 Å². The number of carbonyl (C=O) groups excluding carboxylic acids is 1. The Morgan fingerprint density at radius 2 is 1.90 bits per heavy atom. The maximum atomic E-state index is 12.3. The topological polar surface area (TPSA) is 88.7 Å². The lowest BCUT2D eigenvalue weighted by atomic mass is 9.75. The number of halogens is 1. The van der Waals surface area contributed by atoms with Gasteiger partial charge >= 0.3 is 0 Å². The third kappa shape index (κ3) is 1.39. The summed E-state index contributed by atoms with van der Waals surface area (Å²) in [5.41, 5.74) is -1.69. The van der Waals surface area contributed by atoms with Crippen molar-refractivity contribution in [3.05, 3.63) is 46.6 Å². The monoisotopic (exact) mass is 284 g/mol. The van der Waals surface area contributed by atoms with Crippen LogP contribution in [0, 0.1) is 28.1 Å². The molecular formula is C14H9ClN4O. The second-order valence-corrected chi connectivity index (χ2v) is 5.22. The number of benzene rings is 1. The number of amides is 1. The Kier molecular flexibility index (Phi) is 2.50. The highest BCUT2D eigenvalue weighted by Crippen LogP contribution is 2.49. The molecule has 2 heterocycles. The van der Waals surface area contributed by atoms with E-state index in [2.05, 4.69) is 10.6 Å². The minimum atomic E-state index is -1.52. The van der Waals surface area contributed by atoms with Crippen LogP contribution < -0.4 is 10.6 Å². The number of hydrogen-bond donors (Lipinski definition) is 2. The Labute approximate surface area is 120 Å². The van der Waals surface area contributed by atoms with Crippen LogP contribution in [0.5, 0.6) is 0 Å². The van der Waals surface area contributed by atoms with Gasteiger partial charge in [-0.05, 0) is 5.56 Å². The average molecular weight is 285 g/mol. The molecule has 5 nitrogen and oxygen atoms in total. The largest absolute Gasteiger partial charge is 0.349 e. The zero-order chi connectivity index (χ0) is 14.4. The summed E-state index contributed by atoms with van der Waals surface area (Å²) in [6, 6.07) is 13.0. The molecular weight excluding hydrogens is 276 g/mol. The normalized spacial score (nSPS) is 31.1. The van der Waals surface area contributed by atoms with E-state index < -0.39 is 17.0 Å². The van der Waals surface area contributed by atoms with E-state index in [1.165, 1.54) is 0 Å². The molecule has 0 aliphatic carbocycles. The Bertz CT molecular complexity index is 715. The maximum Gasteiger partial charge on any atom is 0.248 e. The van der Waals surface area contributed by atoms with E-state index >= 15 is 0 Å². The predicted molar refractivity (Wildman–Crippen MR) is 70.6 cm³/mol. The lowest BCUT2D eigenvalue weighted by Crippen LogP contribution is -2.50. The number of nitrogens with zero attached hydrogens (tertiary/aromatic N) is 2. The van der Waals surface area contributed by atoms with Gasteiger partial charge in [-0.25, -0.2) is 0 Å². The van der Waals surface area contributed by atoms with Crippen LogP contribution in [-0.2, 0) is 10.5 Å². The van der Waals surface area contributed by atoms with Gasteiger partial charge in [0.15, 0.2) is 5.41 Å². The molecule has 2 unspecified atom stereocenters. The van der Waals surface area contributed by atoms with Gasteiger partial charge < -0.3 is 10.6 Å². The molecule has 0 spiro atoms. The van der Waals surface area contributed by atoms with Crippen molar-refractivity contribution >= 4 is 17.5 Å². The van der Waals surface area contributed by atoms with Crippen LogP contribution in [0.15, 0.2) is 41.1 Å². The summed E-state index contributed by atoms with van der Waals surface area (Å²) in [5, 5.41) is 24.4. The molecule has 1 aromatic rings. The summed E-state index contributed by atoms with van der Waals surface area (Å²) in [6.45, 7) is 0. The third-order valence-electron chi connectivity index (χ3n) is 3.78. The van der Waals surface area contributed by atoms with Crippen LogP contribution >= 0.6 is 11.6 Å². The summed E-state index contributed by atoms with van der Waals surface area (Å²) < 4.78 is 0. The highest BCUT2D eigenvalue weighted by atomic mass is 35.5. The summed E-state index contributed by atoms with van der Waals surface area (Å²) in [4.78, 5) is 12.3. The predicted octanol–water partition coefficient (Wildman–Crippen LogP) is 1.45. The van der Waals surface area contributed by atoms with Crippen LogP contribution in [0.1, 0.15) is 12.0 Å². The van der Waals surface area contributed by atoms with Crippen molar-refractivity contribution in [3.63, 3.8) is 0 Å². The first-order valence-corrected chi connectivity index (χ1v) is 6.34. The van der Waals surface area contributed by atoms with E-state index in [9.17, 15) is 15.3 Å². The quantitative estimate of drug-likeness (QED) is 0.764. The number of carbonyl (C=O) groups is 1. The molecule has 2 atom stereocenters. The Morgan fingerprint density at radius 3 is 2.50 bits per heavy atom. The number of nitrogens with one attached hydrogen (secondary N) is 2. The van der Waals surface area contributed by atoms with Crippen molar-refractivity contribution in [2.75, 3.05) is 0 Å². The Hall–Kier alpha value is -2.50. The lowest BCUT2D eigenvalue weighted by molar-refractivity contribution is -0.124. The van der Waals surface area contributed by atoms with Crippen molar-refractivity contribution in [1.29, 1.82) is 10.5 Å². The van der Waals surface area contributed by atoms with Crippen molar-refractivity contribution in [2.24, 2.45) is 5.41 Å². The third-order valence-corrected chi connectivity index (χ3v) is 4.07. The first-order chi connectivity index (χ1) is 9.58. The summed E-state index contributed by atoms with van der Waals surface area (Å²) >= 11 is 6.09. The van der Waals surface area contributed by atoms with E-state index in [1.54, 1.807) is 0 Å². The molecule has 2 aliphatic rings. The fourth-order valence-corrected chi connectivity index (χ4v) is 3.16. The molecule has 1 fully saturated rings.